The van der Waals surface area contributed by atoms with Gasteiger partial charge < -0.3 is 14.7 Å². The molecule has 4 heteroatoms. The summed E-state index contributed by atoms with van der Waals surface area (Å²) >= 11 is 0. The third-order valence-electron chi connectivity index (χ3n) is 4.79. The van der Waals surface area contributed by atoms with Crippen LogP contribution in [0.25, 0.3) is 0 Å². The summed E-state index contributed by atoms with van der Waals surface area (Å²) in [5.74, 6) is 1.21. The van der Waals surface area contributed by atoms with Gasteiger partial charge in [0, 0.05) is 31.7 Å². The molecule has 1 aromatic rings. The number of para-hydroxylation sites is 1. The second-order valence-corrected chi connectivity index (χ2v) is 6.96. The third kappa shape index (κ3) is 5.24. The SMILES string of the molecule is CC(C)C(C)CC(=O)N(Cc1ccccc1O)CC1CCCO1. The van der Waals surface area contributed by atoms with Crippen LogP contribution in [0.15, 0.2) is 24.3 Å². The predicted octanol–water partition coefficient (Wildman–Crippen LogP) is 3.58. The lowest BCUT2D eigenvalue weighted by atomic mass is 9.94. The van der Waals surface area contributed by atoms with Gasteiger partial charge in [-0.2, -0.15) is 0 Å². The van der Waals surface area contributed by atoms with Gasteiger partial charge in [0.2, 0.25) is 5.91 Å². The third-order valence-corrected chi connectivity index (χ3v) is 4.79. The van der Waals surface area contributed by atoms with E-state index in [1.807, 2.05) is 17.0 Å². The summed E-state index contributed by atoms with van der Waals surface area (Å²) in [6.07, 6.45) is 2.73. The Balaban J connectivity index is 2.07. The molecule has 0 radical (unpaired) electrons. The summed E-state index contributed by atoms with van der Waals surface area (Å²) < 4.78 is 5.70. The van der Waals surface area contributed by atoms with Gasteiger partial charge in [0.05, 0.1) is 6.10 Å². The molecule has 2 atom stereocenters. The van der Waals surface area contributed by atoms with Crippen LogP contribution < -0.4 is 0 Å². The highest BCUT2D eigenvalue weighted by molar-refractivity contribution is 5.76. The molecule has 0 aromatic heterocycles. The lowest BCUT2D eigenvalue weighted by Crippen LogP contribution is -2.38. The van der Waals surface area contributed by atoms with Crippen LogP contribution >= 0.6 is 0 Å². The summed E-state index contributed by atoms with van der Waals surface area (Å²) in [5, 5.41) is 10.0. The first kappa shape index (κ1) is 17.8. The minimum Gasteiger partial charge on any atom is -0.508 e. The van der Waals surface area contributed by atoms with Gasteiger partial charge in [0.25, 0.3) is 0 Å². The first-order chi connectivity index (χ1) is 11.0. The zero-order chi connectivity index (χ0) is 16.8. The van der Waals surface area contributed by atoms with Gasteiger partial charge in [0.15, 0.2) is 0 Å². The Morgan fingerprint density at radius 3 is 2.70 bits per heavy atom. The van der Waals surface area contributed by atoms with E-state index in [-0.39, 0.29) is 17.8 Å². The van der Waals surface area contributed by atoms with E-state index in [9.17, 15) is 9.90 Å². The lowest BCUT2D eigenvalue weighted by Gasteiger charge is -2.28. The molecule has 0 aliphatic carbocycles. The topological polar surface area (TPSA) is 49.8 Å². The molecule has 2 rings (SSSR count). The number of amides is 1. The number of carbonyl (C=O) groups is 1. The smallest absolute Gasteiger partial charge is 0.223 e. The van der Waals surface area contributed by atoms with E-state index in [0.29, 0.717) is 31.3 Å². The van der Waals surface area contributed by atoms with Crippen molar-refractivity contribution in [2.24, 2.45) is 11.8 Å². The molecule has 1 saturated heterocycles. The summed E-state index contributed by atoms with van der Waals surface area (Å²) in [7, 11) is 0. The largest absolute Gasteiger partial charge is 0.508 e. The maximum atomic E-state index is 12.8. The van der Waals surface area contributed by atoms with Gasteiger partial charge in [-0.15, -0.1) is 0 Å². The number of aromatic hydroxyl groups is 1. The van der Waals surface area contributed by atoms with E-state index in [4.69, 9.17) is 4.74 Å². The minimum absolute atomic E-state index is 0.124. The van der Waals surface area contributed by atoms with Crippen molar-refractivity contribution in [3.05, 3.63) is 29.8 Å². The Morgan fingerprint density at radius 2 is 2.09 bits per heavy atom. The molecule has 1 amide bonds. The van der Waals surface area contributed by atoms with Crippen molar-refractivity contribution in [1.82, 2.24) is 4.90 Å². The van der Waals surface area contributed by atoms with Crippen molar-refractivity contribution in [2.45, 2.75) is 52.7 Å². The highest BCUT2D eigenvalue weighted by atomic mass is 16.5. The van der Waals surface area contributed by atoms with E-state index in [2.05, 4.69) is 20.8 Å². The minimum atomic E-state index is 0.124. The van der Waals surface area contributed by atoms with Crippen LogP contribution in [0, 0.1) is 11.8 Å². The maximum absolute atomic E-state index is 12.8. The van der Waals surface area contributed by atoms with E-state index < -0.39 is 0 Å². The molecule has 2 unspecified atom stereocenters. The molecule has 23 heavy (non-hydrogen) atoms. The second kappa shape index (κ2) is 8.34. The molecule has 1 aliphatic heterocycles. The summed E-state index contributed by atoms with van der Waals surface area (Å²) in [5.41, 5.74) is 0.788. The first-order valence-corrected chi connectivity index (χ1v) is 8.63. The summed E-state index contributed by atoms with van der Waals surface area (Å²) in [6, 6.07) is 7.23. The van der Waals surface area contributed by atoms with Crippen molar-refractivity contribution in [2.75, 3.05) is 13.2 Å². The molecule has 0 spiro atoms. The monoisotopic (exact) mass is 319 g/mol. The van der Waals surface area contributed by atoms with Gasteiger partial charge in [-0.05, 0) is 30.7 Å². The average molecular weight is 319 g/mol. The fourth-order valence-corrected chi connectivity index (χ4v) is 2.78. The van der Waals surface area contributed by atoms with Crippen LogP contribution in [0.4, 0.5) is 0 Å². The number of hydrogen-bond acceptors (Lipinski definition) is 3. The fraction of sp³-hybridized carbons (Fsp3) is 0.632. The number of nitrogens with zero attached hydrogens (tertiary/aromatic N) is 1. The number of ether oxygens (including phenoxy) is 1. The van der Waals surface area contributed by atoms with Crippen LogP contribution in [0.2, 0.25) is 0 Å². The van der Waals surface area contributed by atoms with Gasteiger partial charge in [-0.1, -0.05) is 39.0 Å². The fourth-order valence-electron chi connectivity index (χ4n) is 2.78. The van der Waals surface area contributed by atoms with Crippen molar-refractivity contribution in [3.8, 4) is 5.75 Å². The normalized spacial score (nSPS) is 19.0. The van der Waals surface area contributed by atoms with Crippen LogP contribution in [0.1, 0.15) is 45.6 Å². The van der Waals surface area contributed by atoms with Gasteiger partial charge in [-0.25, -0.2) is 0 Å². The molecule has 1 N–H and O–H groups in total. The van der Waals surface area contributed by atoms with Gasteiger partial charge in [0.1, 0.15) is 5.75 Å². The summed E-state index contributed by atoms with van der Waals surface area (Å²) in [4.78, 5) is 14.6. The van der Waals surface area contributed by atoms with Crippen molar-refractivity contribution in [3.63, 3.8) is 0 Å². The Labute approximate surface area is 139 Å². The Kier molecular flexibility index (Phi) is 6.46. The molecule has 0 bridgehead atoms. The predicted molar refractivity (Wildman–Crippen MR) is 91.1 cm³/mol. The van der Waals surface area contributed by atoms with Crippen LogP contribution in [-0.4, -0.2) is 35.2 Å². The van der Waals surface area contributed by atoms with Crippen molar-refractivity contribution < 1.29 is 14.6 Å². The number of phenols is 1. The number of rotatable bonds is 7. The van der Waals surface area contributed by atoms with Gasteiger partial charge in [-0.3, -0.25) is 4.79 Å². The number of hydrogen-bond donors (Lipinski definition) is 1. The quantitative estimate of drug-likeness (QED) is 0.835. The molecule has 1 aliphatic rings. The standard InChI is InChI=1S/C19H29NO3/c1-14(2)15(3)11-19(22)20(13-17-8-6-10-23-17)12-16-7-4-5-9-18(16)21/h4-5,7,9,14-15,17,21H,6,8,10-13H2,1-3H3. The first-order valence-electron chi connectivity index (χ1n) is 8.63. The molecule has 4 nitrogen and oxygen atoms in total. The number of carbonyl (C=O) groups excluding carboxylic acids is 1. The molecule has 128 valence electrons. The Bertz CT molecular complexity index is 509. The van der Waals surface area contributed by atoms with Crippen LogP contribution in [-0.2, 0) is 16.1 Å². The molecule has 1 aromatic carbocycles. The Morgan fingerprint density at radius 1 is 1.35 bits per heavy atom. The molecule has 1 fully saturated rings. The molecule has 0 saturated carbocycles. The van der Waals surface area contributed by atoms with E-state index in [1.165, 1.54) is 0 Å². The zero-order valence-corrected chi connectivity index (χ0v) is 14.5. The van der Waals surface area contributed by atoms with E-state index in [0.717, 1.165) is 25.0 Å². The highest BCUT2D eigenvalue weighted by Crippen LogP contribution is 2.22. The molecular weight excluding hydrogens is 290 g/mol. The van der Waals surface area contributed by atoms with E-state index >= 15 is 0 Å². The van der Waals surface area contributed by atoms with E-state index in [1.54, 1.807) is 12.1 Å². The van der Waals surface area contributed by atoms with Crippen LogP contribution in [0.3, 0.4) is 0 Å². The molecular formula is C19H29NO3. The Hall–Kier alpha value is -1.55. The zero-order valence-electron chi connectivity index (χ0n) is 14.5. The van der Waals surface area contributed by atoms with Crippen LogP contribution in [0.5, 0.6) is 5.75 Å². The van der Waals surface area contributed by atoms with Crippen molar-refractivity contribution in [1.29, 1.82) is 0 Å². The highest BCUT2D eigenvalue weighted by Gasteiger charge is 2.25. The number of phenolic OH excluding ortho intramolecular Hbond substituents is 1. The van der Waals surface area contributed by atoms with Crippen molar-refractivity contribution >= 4 is 5.91 Å². The number of benzene rings is 1. The average Bonchev–Trinajstić information content (AvgIpc) is 3.01. The lowest BCUT2D eigenvalue weighted by molar-refractivity contribution is -0.134. The maximum Gasteiger partial charge on any atom is 0.223 e. The molecule has 1 heterocycles. The summed E-state index contributed by atoms with van der Waals surface area (Å²) in [6.45, 7) is 8.24. The van der Waals surface area contributed by atoms with Gasteiger partial charge >= 0.3 is 0 Å². The second-order valence-electron chi connectivity index (χ2n) is 6.96.